The van der Waals surface area contributed by atoms with Gasteiger partial charge in [0.15, 0.2) is 0 Å². The highest BCUT2D eigenvalue weighted by Crippen LogP contribution is 2.44. The predicted octanol–water partition coefficient (Wildman–Crippen LogP) is 6.31. The van der Waals surface area contributed by atoms with Crippen molar-refractivity contribution in [1.82, 2.24) is 9.97 Å². The standard InChI is InChI=1S/C25H22N2/c1-17-11-13-18(14-12-17)25(2,21-15-26-23-9-5-3-7-19(21)23)22-16-27-24-10-6-4-8-20(22)24/h3-16,26-27H,1-2H3. The van der Waals surface area contributed by atoms with E-state index in [1.807, 2.05) is 0 Å². The van der Waals surface area contributed by atoms with E-state index in [1.165, 1.54) is 44.1 Å². The summed E-state index contributed by atoms with van der Waals surface area (Å²) >= 11 is 0. The lowest BCUT2D eigenvalue weighted by atomic mass is 9.71. The molecule has 0 amide bonds. The third-order valence-electron chi connectivity index (χ3n) is 5.88. The first-order valence-electron chi connectivity index (χ1n) is 9.38. The molecular formula is C25H22N2. The van der Waals surface area contributed by atoms with Crippen LogP contribution in [0.5, 0.6) is 0 Å². The van der Waals surface area contributed by atoms with Gasteiger partial charge >= 0.3 is 0 Å². The zero-order chi connectivity index (χ0) is 18.4. The Balaban J connectivity index is 1.87. The van der Waals surface area contributed by atoms with Crippen molar-refractivity contribution in [2.75, 3.05) is 0 Å². The van der Waals surface area contributed by atoms with Crippen LogP contribution in [0.4, 0.5) is 0 Å². The number of fused-ring (bicyclic) bond motifs is 2. The Labute approximate surface area is 158 Å². The molecule has 0 saturated heterocycles. The first kappa shape index (κ1) is 16.0. The lowest BCUT2D eigenvalue weighted by Crippen LogP contribution is -2.24. The SMILES string of the molecule is Cc1ccc(C(C)(c2c[nH]c3ccccc23)c2c[nH]c3ccccc23)cc1. The lowest BCUT2D eigenvalue weighted by molar-refractivity contribution is 0.705. The van der Waals surface area contributed by atoms with E-state index >= 15 is 0 Å². The minimum atomic E-state index is -0.271. The topological polar surface area (TPSA) is 31.6 Å². The van der Waals surface area contributed by atoms with Gasteiger partial charge in [0.25, 0.3) is 0 Å². The minimum absolute atomic E-state index is 0.271. The van der Waals surface area contributed by atoms with Gasteiger partial charge in [-0.2, -0.15) is 0 Å². The molecule has 2 heteroatoms. The fourth-order valence-corrected chi connectivity index (χ4v) is 4.31. The second kappa shape index (κ2) is 5.88. The summed E-state index contributed by atoms with van der Waals surface area (Å²) in [7, 11) is 0. The fourth-order valence-electron chi connectivity index (χ4n) is 4.31. The van der Waals surface area contributed by atoms with E-state index in [0.717, 1.165) is 0 Å². The zero-order valence-corrected chi connectivity index (χ0v) is 15.6. The third-order valence-corrected chi connectivity index (χ3v) is 5.88. The van der Waals surface area contributed by atoms with Crippen molar-refractivity contribution < 1.29 is 0 Å². The molecule has 2 nitrogen and oxygen atoms in total. The fraction of sp³-hybridized carbons (Fsp3) is 0.120. The number of para-hydroxylation sites is 2. The van der Waals surface area contributed by atoms with Crippen LogP contribution in [0.25, 0.3) is 21.8 Å². The molecule has 0 fully saturated rings. The van der Waals surface area contributed by atoms with Crippen LogP contribution in [0.2, 0.25) is 0 Å². The smallest absolute Gasteiger partial charge is 0.0465 e. The maximum absolute atomic E-state index is 3.47. The molecule has 0 bridgehead atoms. The Kier molecular flexibility index (Phi) is 3.48. The summed E-state index contributed by atoms with van der Waals surface area (Å²) in [6, 6.07) is 26.0. The van der Waals surface area contributed by atoms with Crippen molar-refractivity contribution in [3.63, 3.8) is 0 Å². The van der Waals surface area contributed by atoms with Gasteiger partial charge in [0.1, 0.15) is 0 Å². The predicted molar refractivity (Wildman–Crippen MR) is 113 cm³/mol. The van der Waals surface area contributed by atoms with Gasteiger partial charge in [-0.25, -0.2) is 0 Å². The summed E-state index contributed by atoms with van der Waals surface area (Å²) in [5.41, 5.74) is 7.24. The molecule has 0 radical (unpaired) electrons. The molecule has 2 N–H and O–H groups in total. The number of nitrogens with one attached hydrogen (secondary N) is 2. The number of aromatic amines is 2. The first-order chi connectivity index (χ1) is 13.2. The normalized spacial score (nSPS) is 12.1. The van der Waals surface area contributed by atoms with Gasteiger partial charge in [0.2, 0.25) is 0 Å². The Hall–Kier alpha value is -3.26. The number of aromatic nitrogens is 2. The molecule has 0 aliphatic rings. The number of rotatable bonds is 3. The molecule has 0 atom stereocenters. The second-order valence-corrected chi connectivity index (χ2v) is 7.49. The molecule has 132 valence electrons. The van der Waals surface area contributed by atoms with Gasteiger partial charge in [0.05, 0.1) is 0 Å². The monoisotopic (exact) mass is 350 g/mol. The minimum Gasteiger partial charge on any atom is -0.361 e. The lowest BCUT2D eigenvalue weighted by Gasteiger charge is -2.31. The van der Waals surface area contributed by atoms with E-state index in [2.05, 4.69) is 109 Å². The Bertz CT molecular complexity index is 1160. The van der Waals surface area contributed by atoms with E-state index in [-0.39, 0.29) is 5.41 Å². The molecule has 27 heavy (non-hydrogen) atoms. The molecule has 0 saturated carbocycles. The molecule has 0 aliphatic heterocycles. The van der Waals surface area contributed by atoms with Crippen LogP contribution in [-0.2, 0) is 5.41 Å². The van der Waals surface area contributed by atoms with Crippen molar-refractivity contribution in [3.8, 4) is 0 Å². The van der Waals surface area contributed by atoms with E-state index in [9.17, 15) is 0 Å². The van der Waals surface area contributed by atoms with Gasteiger partial charge in [-0.05, 0) is 42.7 Å². The molecule has 2 heterocycles. The Morgan fingerprint density at radius 1 is 0.630 bits per heavy atom. The highest BCUT2D eigenvalue weighted by molar-refractivity contribution is 5.90. The van der Waals surface area contributed by atoms with Crippen LogP contribution in [0.1, 0.15) is 29.2 Å². The molecule has 0 spiro atoms. The van der Waals surface area contributed by atoms with Crippen molar-refractivity contribution in [3.05, 3.63) is 107 Å². The largest absolute Gasteiger partial charge is 0.361 e. The molecule has 3 aromatic carbocycles. The molecular weight excluding hydrogens is 328 g/mol. The van der Waals surface area contributed by atoms with E-state index in [0.29, 0.717) is 0 Å². The number of H-pyrrole nitrogens is 2. The number of aryl methyl sites for hydroxylation is 1. The summed E-state index contributed by atoms with van der Waals surface area (Å²) in [5, 5.41) is 2.54. The van der Waals surface area contributed by atoms with E-state index in [4.69, 9.17) is 0 Å². The summed E-state index contributed by atoms with van der Waals surface area (Å²) in [6.07, 6.45) is 4.35. The van der Waals surface area contributed by atoms with Gasteiger partial charge in [0, 0.05) is 39.6 Å². The first-order valence-corrected chi connectivity index (χ1v) is 9.38. The van der Waals surface area contributed by atoms with E-state index < -0.39 is 0 Å². The Morgan fingerprint density at radius 2 is 1.11 bits per heavy atom. The van der Waals surface area contributed by atoms with Crippen molar-refractivity contribution in [1.29, 1.82) is 0 Å². The summed E-state index contributed by atoms with van der Waals surface area (Å²) in [6.45, 7) is 4.47. The quantitative estimate of drug-likeness (QED) is 0.382. The van der Waals surface area contributed by atoms with E-state index in [1.54, 1.807) is 0 Å². The van der Waals surface area contributed by atoms with Crippen molar-refractivity contribution >= 4 is 21.8 Å². The van der Waals surface area contributed by atoms with Gasteiger partial charge in [-0.1, -0.05) is 66.2 Å². The van der Waals surface area contributed by atoms with Gasteiger partial charge in [-0.3, -0.25) is 0 Å². The zero-order valence-electron chi connectivity index (χ0n) is 15.6. The van der Waals surface area contributed by atoms with Crippen LogP contribution in [0.3, 0.4) is 0 Å². The van der Waals surface area contributed by atoms with Crippen LogP contribution in [0, 0.1) is 6.92 Å². The van der Waals surface area contributed by atoms with Gasteiger partial charge in [-0.15, -0.1) is 0 Å². The van der Waals surface area contributed by atoms with Crippen LogP contribution < -0.4 is 0 Å². The Morgan fingerprint density at radius 3 is 1.63 bits per heavy atom. The van der Waals surface area contributed by atoms with Crippen LogP contribution >= 0.6 is 0 Å². The highest BCUT2D eigenvalue weighted by Gasteiger charge is 2.35. The highest BCUT2D eigenvalue weighted by atomic mass is 14.7. The summed E-state index contributed by atoms with van der Waals surface area (Å²) in [5.74, 6) is 0. The number of benzene rings is 3. The molecule has 0 aliphatic carbocycles. The van der Waals surface area contributed by atoms with Crippen molar-refractivity contribution in [2.45, 2.75) is 19.3 Å². The molecule has 0 unspecified atom stereocenters. The maximum atomic E-state index is 3.47. The maximum Gasteiger partial charge on any atom is 0.0465 e. The van der Waals surface area contributed by atoms with Crippen LogP contribution in [0.15, 0.2) is 85.2 Å². The summed E-state index contributed by atoms with van der Waals surface area (Å²) < 4.78 is 0. The van der Waals surface area contributed by atoms with Gasteiger partial charge < -0.3 is 9.97 Å². The average molecular weight is 350 g/mol. The van der Waals surface area contributed by atoms with Crippen molar-refractivity contribution in [2.24, 2.45) is 0 Å². The number of hydrogen-bond acceptors (Lipinski definition) is 0. The second-order valence-electron chi connectivity index (χ2n) is 7.49. The number of hydrogen-bond donors (Lipinski definition) is 2. The molecule has 2 aromatic heterocycles. The summed E-state index contributed by atoms with van der Waals surface area (Å²) in [4.78, 5) is 6.95. The molecule has 5 aromatic rings. The van der Waals surface area contributed by atoms with Crippen LogP contribution in [-0.4, -0.2) is 9.97 Å². The average Bonchev–Trinajstić information content (AvgIpc) is 3.33. The molecule has 5 rings (SSSR count). The third kappa shape index (κ3) is 2.33.